The number of methoxy groups -OCH3 is 1. The molecule has 2 heterocycles. The first-order valence-electron chi connectivity index (χ1n) is 8.29. The maximum atomic E-state index is 12.6. The molecule has 1 aromatic carbocycles. The van der Waals surface area contributed by atoms with Crippen LogP contribution >= 0.6 is 0 Å². The van der Waals surface area contributed by atoms with Crippen LogP contribution < -0.4 is 15.4 Å². The zero-order valence-electron chi connectivity index (χ0n) is 14.3. The number of benzene rings is 1. The van der Waals surface area contributed by atoms with E-state index < -0.39 is 12.0 Å². The molecule has 0 spiro atoms. The number of rotatable bonds is 5. The van der Waals surface area contributed by atoms with Gasteiger partial charge in [-0.1, -0.05) is 12.1 Å². The molecule has 1 saturated heterocycles. The van der Waals surface area contributed by atoms with Gasteiger partial charge in [-0.05, 0) is 37.5 Å². The van der Waals surface area contributed by atoms with Gasteiger partial charge in [-0.15, -0.1) is 0 Å². The predicted molar refractivity (Wildman–Crippen MR) is 90.0 cm³/mol. The Morgan fingerprint density at radius 1 is 1.32 bits per heavy atom. The summed E-state index contributed by atoms with van der Waals surface area (Å²) >= 11 is 0. The maximum Gasteiger partial charge on any atom is 0.338 e. The highest BCUT2D eigenvalue weighted by Crippen LogP contribution is 2.29. The number of nitrogens with one attached hydrogen (secondary N) is 2. The minimum Gasteiger partial charge on any atom is -0.497 e. The summed E-state index contributed by atoms with van der Waals surface area (Å²) in [5.74, 6) is 0.244. The van der Waals surface area contributed by atoms with E-state index in [-0.39, 0.29) is 18.7 Å². The van der Waals surface area contributed by atoms with Crippen molar-refractivity contribution in [2.75, 3.05) is 20.3 Å². The highest BCUT2D eigenvalue weighted by molar-refractivity contribution is 5.95. The zero-order chi connectivity index (χ0) is 17.8. The quantitative estimate of drug-likeness (QED) is 0.797. The van der Waals surface area contributed by atoms with Crippen molar-refractivity contribution in [3.05, 3.63) is 41.1 Å². The fraction of sp³-hybridized carbons (Fsp3) is 0.444. The van der Waals surface area contributed by atoms with E-state index in [1.54, 1.807) is 26.2 Å². The standard InChI is InChI=1S/C18H22N2O5/c1-11-15(17(21)25-10-14-4-3-9-24-14)16(20-18(22)19-11)12-5-7-13(23-2)8-6-12/h5-8,14,16H,3-4,9-10H2,1-2H3,(H2,19,20,22)/t14-,16+/m0/s1. The number of hydrogen-bond acceptors (Lipinski definition) is 5. The molecule has 0 aromatic heterocycles. The third kappa shape index (κ3) is 3.93. The lowest BCUT2D eigenvalue weighted by Crippen LogP contribution is -2.45. The molecule has 134 valence electrons. The number of urea groups is 1. The number of carbonyl (C=O) groups excluding carboxylic acids is 2. The molecule has 2 amide bonds. The summed E-state index contributed by atoms with van der Waals surface area (Å²) in [6.07, 6.45) is 1.83. The monoisotopic (exact) mass is 346 g/mol. The van der Waals surface area contributed by atoms with Crippen LogP contribution in [0.3, 0.4) is 0 Å². The fourth-order valence-corrected chi connectivity index (χ4v) is 3.03. The first-order chi connectivity index (χ1) is 12.1. The number of amides is 2. The van der Waals surface area contributed by atoms with Gasteiger partial charge in [0.05, 0.1) is 24.8 Å². The van der Waals surface area contributed by atoms with Gasteiger partial charge in [-0.25, -0.2) is 9.59 Å². The largest absolute Gasteiger partial charge is 0.497 e. The molecule has 0 bridgehead atoms. The Balaban J connectivity index is 1.79. The van der Waals surface area contributed by atoms with Crippen molar-refractivity contribution in [2.24, 2.45) is 0 Å². The highest BCUT2D eigenvalue weighted by Gasteiger charge is 2.32. The Hall–Kier alpha value is -2.54. The molecule has 25 heavy (non-hydrogen) atoms. The van der Waals surface area contributed by atoms with E-state index in [0.717, 1.165) is 18.4 Å². The lowest BCUT2D eigenvalue weighted by Gasteiger charge is -2.28. The summed E-state index contributed by atoms with van der Waals surface area (Å²) in [5, 5.41) is 5.41. The Morgan fingerprint density at radius 2 is 2.08 bits per heavy atom. The van der Waals surface area contributed by atoms with Crippen molar-refractivity contribution in [2.45, 2.75) is 31.9 Å². The fourth-order valence-electron chi connectivity index (χ4n) is 3.03. The molecule has 2 aliphatic rings. The first kappa shape index (κ1) is 17.3. The maximum absolute atomic E-state index is 12.6. The van der Waals surface area contributed by atoms with E-state index in [4.69, 9.17) is 14.2 Å². The topological polar surface area (TPSA) is 85.9 Å². The second kappa shape index (κ2) is 7.57. The van der Waals surface area contributed by atoms with Gasteiger partial charge in [-0.3, -0.25) is 0 Å². The molecule has 1 fully saturated rings. The van der Waals surface area contributed by atoms with E-state index in [0.29, 0.717) is 23.6 Å². The van der Waals surface area contributed by atoms with Crippen LogP contribution in [0, 0.1) is 0 Å². The van der Waals surface area contributed by atoms with Crippen LogP contribution in [0.15, 0.2) is 35.5 Å². The van der Waals surface area contributed by atoms with Gasteiger partial charge in [0.2, 0.25) is 0 Å². The van der Waals surface area contributed by atoms with Crippen LogP contribution in [0.4, 0.5) is 4.79 Å². The van der Waals surface area contributed by atoms with Crippen LogP contribution in [-0.2, 0) is 14.3 Å². The summed E-state index contributed by atoms with van der Waals surface area (Å²) in [7, 11) is 1.58. The second-order valence-corrected chi connectivity index (χ2v) is 6.08. The first-order valence-corrected chi connectivity index (χ1v) is 8.29. The van der Waals surface area contributed by atoms with Gasteiger partial charge in [0, 0.05) is 12.3 Å². The van der Waals surface area contributed by atoms with E-state index in [2.05, 4.69) is 10.6 Å². The van der Waals surface area contributed by atoms with Crippen LogP contribution in [0.1, 0.15) is 31.4 Å². The number of hydrogen-bond donors (Lipinski definition) is 2. The zero-order valence-corrected chi connectivity index (χ0v) is 14.3. The summed E-state index contributed by atoms with van der Waals surface area (Å²) in [4.78, 5) is 24.5. The van der Waals surface area contributed by atoms with Gasteiger partial charge in [0.1, 0.15) is 12.4 Å². The summed E-state index contributed by atoms with van der Waals surface area (Å²) in [5.41, 5.74) is 1.66. The van der Waals surface area contributed by atoms with Gasteiger partial charge in [0.25, 0.3) is 0 Å². The minimum absolute atomic E-state index is 0.0459. The van der Waals surface area contributed by atoms with Crippen LogP contribution in [0.5, 0.6) is 5.75 Å². The van der Waals surface area contributed by atoms with Gasteiger partial charge < -0.3 is 24.8 Å². The molecule has 7 heteroatoms. The lowest BCUT2D eigenvalue weighted by atomic mass is 9.95. The number of esters is 1. The smallest absolute Gasteiger partial charge is 0.338 e. The van der Waals surface area contributed by atoms with Crippen molar-refractivity contribution in [3.63, 3.8) is 0 Å². The van der Waals surface area contributed by atoms with Gasteiger partial charge in [-0.2, -0.15) is 0 Å². The molecule has 3 rings (SSSR count). The third-order valence-electron chi connectivity index (χ3n) is 4.36. The number of ether oxygens (including phenoxy) is 3. The van der Waals surface area contributed by atoms with Gasteiger partial charge in [0.15, 0.2) is 0 Å². The third-order valence-corrected chi connectivity index (χ3v) is 4.36. The molecule has 1 aromatic rings. The second-order valence-electron chi connectivity index (χ2n) is 6.08. The molecule has 2 N–H and O–H groups in total. The lowest BCUT2D eigenvalue weighted by molar-refractivity contribution is -0.142. The van der Waals surface area contributed by atoms with Crippen LogP contribution in [-0.4, -0.2) is 38.4 Å². The van der Waals surface area contributed by atoms with E-state index in [1.165, 1.54) is 0 Å². The Morgan fingerprint density at radius 3 is 2.72 bits per heavy atom. The Kier molecular flexibility index (Phi) is 5.23. The van der Waals surface area contributed by atoms with Crippen LogP contribution in [0.2, 0.25) is 0 Å². The normalized spacial score (nSPS) is 23.0. The molecular weight excluding hydrogens is 324 g/mol. The van der Waals surface area contributed by atoms with Crippen LogP contribution in [0.25, 0.3) is 0 Å². The Labute approximate surface area is 146 Å². The molecular formula is C18H22N2O5. The van der Waals surface area contributed by atoms with E-state index in [9.17, 15) is 9.59 Å². The SMILES string of the molecule is COc1ccc([C@H]2NC(=O)NC(C)=C2C(=O)OC[C@@H]2CCCO2)cc1. The molecule has 0 radical (unpaired) electrons. The predicted octanol–water partition coefficient (Wildman–Crippen LogP) is 2.05. The molecule has 2 aliphatic heterocycles. The van der Waals surface area contributed by atoms with Crippen molar-refractivity contribution >= 4 is 12.0 Å². The number of carbonyl (C=O) groups is 2. The number of allylic oxidation sites excluding steroid dienone is 1. The highest BCUT2D eigenvalue weighted by atomic mass is 16.6. The molecule has 0 unspecified atom stereocenters. The summed E-state index contributed by atoms with van der Waals surface area (Å²) in [6.45, 7) is 2.62. The minimum atomic E-state index is -0.573. The molecule has 7 nitrogen and oxygen atoms in total. The molecule has 2 atom stereocenters. The average molecular weight is 346 g/mol. The average Bonchev–Trinajstić information content (AvgIpc) is 3.12. The van der Waals surface area contributed by atoms with Crippen molar-refractivity contribution in [1.82, 2.24) is 10.6 Å². The Bertz CT molecular complexity index is 677. The van der Waals surface area contributed by atoms with Crippen molar-refractivity contribution in [3.8, 4) is 5.75 Å². The molecule has 0 saturated carbocycles. The summed E-state index contributed by atoms with van der Waals surface area (Å²) < 4.78 is 16.1. The summed E-state index contributed by atoms with van der Waals surface area (Å²) in [6, 6.07) is 6.28. The van der Waals surface area contributed by atoms with Crippen molar-refractivity contribution < 1.29 is 23.8 Å². The van der Waals surface area contributed by atoms with E-state index in [1.807, 2.05) is 12.1 Å². The molecule has 0 aliphatic carbocycles. The van der Waals surface area contributed by atoms with E-state index >= 15 is 0 Å². The van der Waals surface area contributed by atoms with Crippen molar-refractivity contribution in [1.29, 1.82) is 0 Å². The van der Waals surface area contributed by atoms with Gasteiger partial charge >= 0.3 is 12.0 Å².